The van der Waals surface area contributed by atoms with Gasteiger partial charge in [0.05, 0.1) is 25.5 Å². The van der Waals surface area contributed by atoms with Crippen molar-refractivity contribution in [3.8, 4) is 22.1 Å². The van der Waals surface area contributed by atoms with Gasteiger partial charge in [-0.05, 0) is 19.1 Å². The van der Waals surface area contributed by atoms with Crippen molar-refractivity contribution in [1.29, 1.82) is 0 Å². The summed E-state index contributed by atoms with van der Waals surface area (Å²) >= 11 is 3.14. The number of nitrogens with one attached hydrogen (secondary N) is 1. The van der Waals surface area contributed by atoms with Crippen LogP contribution in [0.5, 0.6) is 11.5 Å². The third-order valence-corrected chi connectivity index (χ3v) is 4.92. The largest absolute Gasteiger partial charge is 0.493 e. The van der Waals surface area contributed by atoms with Crippen LogP contribution >= 0.6 is 23.1 Å². The number of benzene rings is 1. The maximum atomic E-state index is 5.48. The monoisotopic (exact) mass is 348 g/mol. The van der Waals surface area contributed by atoms with Gasteiger partial charge in [-0.25, -0.2) is 9.97 Å². The predicted octanol–water partition coefficient (Wildman–Crippen LogP) is 3.55. The van der Waals surface area contributed by atoms with Crippen LogP contribution in [0.3, 0.4) is 0 Å². The van der Waals surface area contributed by atoms with Crippen LogP contribution in [0.25, 0.3) is 10.6 Å². The molecule has 0 aliphatic carbocycles. The standard InChI is InChI=1S/C15H16N4O2S2/c1-9-16-15(19-18-9)23-8-10-7-22-14(17-10)11-5-4-6-12(20-2)13(11)21-3/h4-7H,8H2,1-3H3,(H,16,18,19). The van der Waals surface area contributed by atoms with Crippen LogP contribution in [0.4, 0.5) is 0 Å². The summed E-state index contributed by atoms with van der Waals surface area (Å²) in [4.78, 5) is 8.96. The van der Waals surface area contributed by atoms with Gasteiger partial charge >= 0.3 is 0 Å². The van der Waals surface area contributed by atoms with Gasteiger partial charge in [-0.15, -0.1) is 16.4 Å². The first-order valence-corrected chi connectivity index (χ1v) is 8.75. The molecule has 0 amide bonds. The fourth-order valence-corrected chi connectivity index (χ4v) is 3.76. The summed E-state index contributed by atoms with van der Waals surface area (Å²) in [7, 11) is 3.27. The summed E-state index contributed by atoms with van der Waals surface area (Å²) in [6, 6.07) is 5.79. The van der Waals surface area contributed by atoms with Gasteiger partial charge in [0.15, 0.2) is 11.5 Å². The SMILES string of the molecule is COc1cccc(-c2nc(CSc3n[nH]c(C)n3)cs2)c1OC. The highest BCUT2D eigenvalue weighted by Crippen LogP contribution is 2.39. The molecule has 0 radical (unpaired) electrons. The van der Waals surface area contributed by atoms with Crippen molar-refractivity contribution in [3.63, 3.8) is 0 Å². The molecule has 0 unspecified atom stereocenters. The first-order chi connectivity index (χ1) is 11.2. The van der Waals surface area contributed by atoms with E-state index in [4.69, 9.17) is 9.47 Å². The van der Waals surface area contributed by atoms with Crippen molar-refractivity contribution >= 4 is 23.1 Å². The number of thioether (sulfide) groups is 1. The number of thiazole rings is 1. The fraction of sp³-hybridized carbons (Fsp3) is 0.267. The minimum atomic E-state index is 0.701. The zero-order valence-corrected chi connectivity index (χ0v) is 14.6. The van der Waals surface area contributed by atoms with E-state index in [1.54, 1.807) is 37.3 Å². The highest BCUT2D eigenvalue weighted by Gasteiger charge is 2.14. The van der Waals surface area contributed by atoms with E-state index in [2.05, 4.69) is 20.2 Å². The summed E-state index contributed by atoms with van der Waals surface area (Å²) in [6.45, 7) is 1.88. The van der Waals surface area contributed by atoms with E-state index in [1.165, 1.54) is 0 Å². The molecule has 0 fully saturated rings. The summed E-state index contributed by atoms with van der Waals surface area (Å²) in [5.74, 6) is 2.94. The molecule has 23 heavy (non-hydrogen) atoms. The Morgan fingerprint density at radius 3 is 2.78 bits per heavy atom. The number of hydrogen-bond donors (Lipinski definition) is 1. The van der Waals surface area contributed by atoms with Crippen molar-refractivity contribution < 1.29 is 9.47 Å². The normalized spacial score (nSPS) is 10.7. The lowest BCUT2D eigenvalue weighted by molar-refractivity contribution is 0.356. The third kappa shape index (κ3) is 3.48. The minimum absolute atomic E-state index is 0.701. The number of aromatic nitrogens is 4. The Labute approximate surface area is 142 Å². The maximum Gasteiger partial charge on any atom is 0.208 e. The second-order valence-corrected chi connectivity index (χ2v) is 6.48. The first kappa shape index (κ1) is 15.8. The molecule has 2 heterocycles. The lowest BCUT2D eigenvalue weighted by Gasteiger charge is -2.10. The van der Waals surface area contributed by atoms with Gasteiger partial charge in [-0.3, -0.25) is 5.10 Å². The van der Waals surface area contributed by atoms with Gasteiger partial charge in [-0.1, -0.05) is 17.8 Å². The summed E-state index contributed by atoms with van der Waals surface area (Å²) in [5, 5.41) is 10.6. The average Bonchev–Trinajstić information content (AvgIpc) is 3.20. The van der Waals surface area contributed by atoms with Gasteiger partial charge in [0.2, 0.25) is 5.16 Å². The zero-order valence-electron chi connectivity index (χ0n) is 13.0. The van der Waals surface area contributed by atoms with Crippen LogP contribution in [0.15, 0.2) is 28.7 Å². The Morgan fingerprint density at radius 1 is 1.22 bits per heavy atom. The van der Waals surface area contributed by atoms with Crippen LogP contribution in [-0.4, -0.2) is 34.4 Å². The van der Waals surface area contributed by atoms with Crippen molar-refractivity contribution in [2.45, 2.75) is 17.8 Å². The van der Waals surface area contributed by atoms with E-state index in [9.17, 15) is 0 Å². The molecule has 120 valence electrons. The second kappa shape index (κ2) is 7.01. The lowest BCUT2D eigenvalue weighted by atomic mass is 10.2. The number of aryl methyl sites for hydroxylation is 1. The quantitative estimate of drug-likeness (QED) is 0.687. The molecule has 3 aromatic rings. The molecule has 2 aromatic heterocycles. The van der Waals surface area contributed by atoms with Crippen molar-refractivity contribution in [2.24, 2.45) is 0 Å². The molecule has 0 aliphatic rings. The molecule has 0 atom stereocenters. The number of para-hydroxylation sites is 1. The highest BCUT2D eigenvalue weighted by molar-refractivity contribution is 7.98. The number of hydrogen-bond acceptors (Lipinski definition) is 7. The van der Waals surface area contributed by atoms with Gasteiger partial charge in [0.1, 0.15) is 10.8 Å². The van der Waals surface area contributed by atoms with Crippen molar-refractivity contribution in [1.82, 2.24) is 20.2 Å². The third-order valence-electron chi connectivity index (χ3n) is 3.11. The molecule has 0 saturated heterocycles. The molecule has 0 aliphatic heterocycles. The van der Waals surface area contributed by atoms with Crippen molar-refractivity contribution in [2.75, 3.05) is 14.2 Å². The molecule has 0 saturated carbocycles. The number of rotatable bonds is 6. The molecule has 1 aromatic carbocycles. The molecule has 3 rings (SSSR count). The van der Waals surface area contributed by atoms with Gasteiger partial charge < -0.3 is 9.47 Å². The second-order valence-electron chi connectivity index (χ2n) is 4.68. The number of nitrogens with zero attached hydrogens (tertiary/aromatic N) is 3. The smallest absolute Gasteiger partial charge is 0.208 e. The van der Waals surface area contributed by atoms with E-state index < -0.39 is 0 Å². The van der Waals surface area contributed by atoms with Crippen LogP contribution in [-0.2, 0) is 5.75 Å². The van der Waals surface area contributed by atoms with Crippen LogP contribution in [0.2, 0.25) is 0 Å². The topological polar surface area (TPSA) is 72.9 Å². The average molecular weight is 348 g/mol. The number of methoxy groups -OCH3 is 2. The number of aromatic amines is 1. The van der Waals surface area contributed by atoms with E-state index in [0.717, 1.165) is 33.0 Å². The highest BCUT2D eigenvalue weighted by atomic mass is 32.2. The molecule has 0 spiro atoms. The molecule has 8 heteroatoms. The maximum absolute atomic E-state index is 5.48. The van der Waals surface area contributed by atoms with Crippen LogP contribution in [0, 0.1) is 6.92 Å². The minimum Gasteiger partial charge on any atom is -0.493 e. The molecular weight excluding hydrogens is 332 g/mol. The first-order valence-electron chi connectivity index (χ1n) is 6.89. The van der Waals surface area contributed by atoms with Gasteiger partial charge in [-0.2, -0.15) is 0 Å². The summed E-state index contributed by atoms with van der Waals surface area (Å²) in [5.41, 5.74) is 1.92. The fourth-order valence-electron chi connectivity index (χ4n) is 2.08. The van der Waals surface area contributed by atoms with Gasteiger partial charge in [0, 0.05) is 11.1 Å². The summed E-state index contributed by atoms with van der Waals surface area (Å²) < 4.78 is 10.8. The Bertz CT molecular complexity index is 800. The predicted molar refractivity (Wildman–Crippen MR) is 91.3 cm³/mol. The van der Waals surface area contributed by atoms with Crippen LogP contribution < -0.4 is 9.47 Å². The van der Waals surface area contributed by atoms with Gasteiger partial charge in [0.25, 0.3) is 0 Å². The Balaban J connectivity index is 1.79. The van der Waals surface area contributed by atoms with Crippen LogP contribution in [0.1, 0.15) is 11.5 Å². The Morgan fingerprint density at radius 2 is 2.09 bits per heavy atom. The zero-order chi connectivity index (χ0) is 16.2. The molecule has 0 bridgehead atoms. The van der Waals surface area contributed by atoms with Crippen molar-refractivity contribution in [3.05, 3.63) is 35.1 Å². The number of H-pyrrole nitrogens is 1. The Hall–Kier alpha value is -2.06. The van der Waals surface area contributed by atoms with E-state index >= 15 is 0 Å². The van der Waals surface area contributed by atoms with E-state index in [0.29, 0.717) is 11.5 Å². The molecular formula is C15H16N4O2S2. The molecule has 6 nitrogen and oxygen atoms in total. The molecule has 1 N–H and O–H groups in total. The Kier molecular flexibility index (Phi) is 4.82. The number of ether oxygens (including phenoxy) is 2. The summed E-state index contributed by atoms with van der Waals surface area (Å²) in [6.07, 6.45) is 0. The van der Waals surface area contributed by atoms with E-state index in [-0.39, 0.29) is 0 Å². The lowest BCUT2D eigenvalue weighted by Crippen LogP contribution is -1.93. The van der Waals surface area contributed by atoms with E-state index in [1.807, 2.05) is 30.5 Å².